The number of nitrogens with zero attached hydrogens (tertiary/aromatic N) is 2. The Morgan fingerprint density at radius 2 is 1.85 bits per heavy atom. The minimum absolute atomic E-state index is 0.0238. The Bertz CT molecular complexity index is 1060. The molecule has 1 heterocycles. The molecule has 0 bridgehead atoms. The first-order valence-electron chi connectivity index (χ1n) is 7.78. The van der Waals surface area contributed by atoms with Crippen LogP contribution in [0.25, 0.3) is 11.3 Å². The number of nitrogens with one attached hydrogen (secondary N) is 1. The first-order valence-corrected chi connectivity index (χ1v) is 9.76. The van der Waals surface area contributed by atoms with E-state index in [1.807, 2.05) is 6.07 Å². The normalized spacial score (nSPS) is 10.4. The summed E-state index contributed by atoms with van der Waals surface area (Å²) in [5, 5.41) is 10.8. The monoisotopic (exact) mass is 417 g/mol. The van der Waals surface area contributed by atoms with Crippen molar-refractivity contribution >= 4 is 35.0 Å². The Hall–Kier alpha value is -2.46. The molecule has 0 saturated heterocycles. The summed E-state index contributed by atoms with van der Waals surface area (Å²) in [6.45, 7) is 0.223. The minimum Gasteiger partial charge on any atom is -0.489 e. The van der Waals surface area contributed by atoms with Crippen molar-refractivity contribution in [3.8, 4) is 23.1 Å². The van der Waals surface area contributed by atoms with Gasteiger partial charge >= 0.3 is 0 Å². The number of aromatic amines is 1. The maximum absolute atomic E-state index is 12.0. The molecule has 0 aliphatic heterocycles. The van der Waals surface area contributed by atoms with Crippen molar-refractivity contribution in [2.45, 2.75) is 11.8 Å². The number of hydrogen-bond acceptors (Lipinski definition) is 5. The molecule has 0 saturated carbocycles. The van der Waals surface area contributed by atoms with Crippen LogP contribution in [0.4, 0.5) is 0 Å². The van der Waals surface area contributed by atoms with Crippen molar-refractivity contribution in [3.05, 3.63) is 74.0 Å². The second-order valence-corrected chi connectivity index (χ2v) is 7.03. The first-order chi connectivity index (χ1) is 13.0. The highest BCUT2D eigenvalue weighted by atomic mass is 35.5. The maximum Gasteiger partial charge on any atom is 0.270 e. The highest BCUT2D eigenvalue weighted by molar-refractivity contribution is 7.98. The predicted octanol–water partition coefficient (Wildman–Crippen LogP) is 4.92. The van der Waals surface area contributed by atoms with Gasteiger partial charge in [-0.15, -0.1) is 0 Å². The Balaban J connectivity index is 1.85. The lowest BCUT2D eigenvalue weighted by molar-refractivity contribution is 0.306. The molecule has 0 fully saturated rings. The summed E-state index contributed by atoms with van der Waals surface area (Å²) in [6, 6.07) is 14.2. The van der Waals surface area contributed by atoms with Crippen molar-refractivity contribution in [3.63, 3.8) is 0 Å². The Labute approximate surface area is 169 Å². The molecule has 136 valence electrons. The van der Waals surface area contributed by atoms with Crippen molar-refractivity contribution < 1.29 is 4.74 Å². The van der Waals surface area contributed by atoms with Crippen LogP contribution >= 0.6 is 35.0 Å². The third-order valence-corrected chi connectivity index (χ3v) is 5.06. The molecule has 1 N–H and O–H groups in total. The molecule has 8 heteroatoms. The Morgan fingerprint density at radius 3 is 2.44 bits per heavy atom. The van der Waals surface area contributed by atoms with E-state index in [9.17, 15) is 10.1 Å². The molecule has 0 unspecified atom stereocenters. The number of benzene rings is 2. The van der Waals surface area contributed by atoms with E-state index in [1.165, 1.54) is 11.8 Å². The van der Waals surface area contributed by atoms with Crippen molar-refractivity contribution in [1.82, 2.24) is 9.97 Å². The molecule has 0 atom stereocenters. The third kappa shape index (κ3) is 4.28. The fraction of sp³-hybridized carbons (Fsp3) is 0.105. The molecule has 0 radical (unpaired) electrons. The largest absolute Gasteiger partial charge is 0.489 e. The summed E-state index contributed by atoms with van der Waals surface area (Å²) < 4.78 is 5.74. The van der Waals surface area contributed by atoms with Crippen LogP contribution in [0.15, 0.2) is 52.4 Å². The van der Waals surface area contributed by atoms with Gasteiger partial charge in [0.15, 0.2) is 5.16 Å². The highest BCUT2D eigenvalue weighted by Gasteiger charge is 2.13. The molecule has 0 aliphatic rings. The predicted molar refractivity (Wildman–Crippen MR) is 108 cm³/mol. The molecule has 0 amide bonds. The molecular weight excluding hydrogens is 405 g/mol. The molecule has 2 aromatic carbocycles. The van der Waals surface area contributed by atoms with Gasteiger partial charge in [0.1, 0.15) is 24.0 Å². The standard InChI is InChI=1S/C19H13Cl2N3O2S/c1-27-19-23-17(13(9-22)18(25)24-19)11-5-7-12(8-6-11)26-10-14-15(20)3-2-4-16(14)21/h2-8H,10H2,1H3,(H,23,24,25). The third-order valence-electron chi connectivity index (χ3n) is 3.78. The lowest BCUT2D eigenvalue weighted by Gasteiger charge is -2.10. The molecule has 5 nitrogen and oxygen atoms in total. The van der Waals surface area contributed by atoms with Gasteiger partial charge in [0.05, 0.1) is 5.69 Å². The fourth-order valence-corrected chi connectivity index (χ4v) is 3.28. The van der Waals surface area contributed by atoms with Gasteiger partial charge in [0, 0.05) is 21.2 Å². The zero-order valence-electron chi connectivity index (χ0n) is 14.1. The smallest absolute Gasteiger partial charge is 0.270 e. The molecular formula is C19H13Cl2N3O2S. The van der Waals surface area contributed by atoms with Gasteiger partial charge in [0.25, 0.3) is 5.56 Å². The zero-order chi connectivity index (χ0) is 19.4. The van der Waals surface area contributed by atoms with E-state index in [-0.39, 0.29) is 12.2 Å². The fourth-order valence-electron chi connectivity index (χ4n) is 2.40. The van der Waals surface area contributed by atoms with Gasteiger partial charge in [-0.25, -0.2) is 4.98 Å². The summed E-state index contributed by atoms with van der Waals surface area (Å²) in [5.41, 5.74) is 1.21. The quantitative estimate of drug-likeness (QED) is 0.470. The number of aromatic nitrogens is 2. The van der Waals surface area contributed by atoms with E-state index >= 15 is 0 Å². The van der Waals surface area contributed by atoms with Crippen LogP contribution in [-0.4, -0.2) is 16.2 Å². The van der Waals surface area contributed by atoms with Crippen LogP contribution in [-0.2, 0) is 6.61 Å². The summed E-state index contributed by atoms with van der Waals surface area (Å²) in [6.07, 6.45) is 1.80. The number of thioether (sulfide) groups is 1. The van der Waals surface area contributed by atoms with Crippen LogP contribution in [0.5, 0.6) is 5.75 Å². The van der Waals surface area contributed by atoms with Gasteiger partial charge in [0.2, 0.25) is 0 Å². The number of nitriles is 1. The van der Waals surface area contributed by atoms with E-state index in [1.54, 1.807) is 48.7 Å². The highest BCUT2D eigenvalue weighted by Crippen LogP contribution is 2.27. The van der Waals surface area contributed by atoms with E-state index in [4.69, 9.17) is 27.9 Å². The maximum atomic E-state index is 12.0. The lowest BCUT2D eigenvalue weighted by Crippen LogP contribution is -2.14. The van der Waals surface area contributed by atoms with Crippen LogP contribution in [0, 0.1) is 11.3 Å². The van der Waals surface area contributed by atoms with Gasteiger partial charge in [-0.05, 0) is 42.7 Å². The number of hydrogen-bond donors (Lipinski definition) is 1. The van der Waals surface area contributed by atoms with Crippen molar-refractivity contribution in [2.75, 3.05) is 6.26 Å². The molecule has 3 aromatic rings. The van der Waals surface area contributed by atoms with E-state index in [2.05, 4.69) is 9.97 Å². The van der Waals surface area contributed by atoms with Crippen LogP contribution in [0.1, 0.15) is 11.1 Å². The molecule has 27 heavy (non-hydrogen) atoms. The minimum atomic E-state index is -0.458. The first kappa shape index (κ1) is 19.3. The average Bonchev–Trinajstić information content (AvgIpc) is 2.67. The second kappa shape index (κ2) is 8.49. The van der Waals surface area contributed by atoms with Crippen LogP contribution in [0.2, 0.25) is 10.0 Å². The van der Waals surface area contributed by atoms with Crippen molar-refractivity contribution in [2.24, 2.45) is 0 Å². The molecule has 0 spiro atoms. The SMILES string of the molecule is CSc1nc(-c2ccc(OCc3c(Cl)cccc3Cl)cc2)c(C#N)c(=O)[nH]1. The van der Waals surface area contributed by atoms with Gasteiger partial charge in [-0.1, -0.05) is 41.0 Å². The van der Waals surface area contributed by atoms with Crippen LogP contribution < -0.4 is 10.3 Å². The number of halogens is 2. The second-order valence-electron chi connectivity index (χ2n) is 5.42. The molecule has 3 rings (SSSR count). The summed E-state index contributed by atoms with van der Waals surface area (Å²) >= 11 is 13.6. The van der Waals surface area contributed by atoms with Crippen LogP contribution in [0.3, 0.4) is 0 Å². The average molecular weight is 418 g/mol. The van der Waals surface area contributed by atoms with E-state index < -0.39 is 5.56 Å². The summed E-state index contributed by atoms with van der Waals surface area (Å²) in [4.78, 5) is 19.0. The summed E-state index contributed by atoms with van der Waals surface area (Å²) in [5.74, 6) is 0.600. The van der Waals surface area contributed by atoms with Crippen molar-refractivity contribution in [1.29, 1.82) is 5.26 Å². The van der Waals surface area contributed by atoms with E-state index in [0.29, 0.717) is 37.8 Å². The van der Waals surface area contributed by atoms with Gasteiger partial charge in [-0.3, -0.25) is 4.79 Å². The molecule has 1 aromatic heterocycles. The molecule has 0 aliphatic carbocycles. The topological polar surface area (TPSA) is 78.8 Å². The Kier molecular flexibility index (Phi) is 6.07. The number of ether oxygens (including phenoxy) is 1. The van der Waals surface area contributed by atoms with E-state index in [0.717, 1.165) is 0 Å². The van der Waals surface area contributed by atoms with Gasteiger partial charge < -0.3 is 9.72 Å². The zero-order valence-corrected chi connectivity index (χ0v) is 16.5. The van der Waals surface area contributed by atoms with Gasteiger partial charge in [-0.2, -0.15) is 5.26 Å². The lowest BCUT2D eigenvalue weighted by atomic mass is 10.1. The number of rotatable bonds is 5. The Morgan fingerprint density at radius 1 is 1.19 bits per heavy atom. The number of H-pyrrole nitrogens is 1. The summed E-state index contributed by atoms with van der Waals surface area (Å²) in [7, 11) is 0.